The SMILES string of the molecule is OC(CCCN1CCC(=C(c2ccccc2)c2ccccc2)CC1)c1ccc(Br)cc1. The Bertz CT molecular complexity index is 931. The van der Waals surface area contributed by atoms with E-state index in [4.69, 9.17) is 0 Å². The van der Waals surface area contributed by atoms with Gasteiger partial charge in [-0.2, -0.15) is 0 Å². The molecular weight excluding hydrogens is 446 g/mol. The molecule has 0 amide bonds. The summed E-state index contributed by atoms with van der Waals surface area (Å²) in [5.74, 6) is 0. The van der Waals surface area contributed by atoms with Crippen LogP contribution in [0.4, 0.5) is 0 Å². The van der Waals surface area contributed by atoms with Crippen LogP contribution in [0.3, 0.4) is 0 Å². The van der Waals surface area contributed by atoms with Crippen LogP contribution in [0.2, 0.25) is 0 Å². The van der Waals surface area contributed by atoms with E-state index in [2.05, 4.69) is 81.5 Å². The van der Waals surface area contributed by atoms with Crippen LogP contribution in [0.15, 0.2) is 95.0 Å². The standard InChI is InChI=1S/C28H30BrNO/c29-26-15-13-22(14-16-26)27(31)12-7-19-30-20-17-25(18-21-30)28(23-8-3-1-4-9-23)24-10-5-2-6-11-24/h1-6,8-11,13-16,27,31H,7,12,17-21H2. The summed E-state index contributed by atoms with van der Waals surface area (Å²) in [6, 6.07) is 29.6. The molecule has 1 atom stereocenters. The van der Waals surface area contributed by atoms with Crippen molar-refractivity contribution in [3.63, 3.8) is 0 Å². The molecule has 1 saturated heterocycles. The minimum atomic E-state index is -0.379. The molecule has 1 aliphatic rings. The maximum atomic E-state index is 10.5. The van der Waals surface area contributed by atoms with Gasteiger partial charge in [0, 0.05) is 17.6 Å². The second-order valence-electron chi connectivity index (χ2n) is 8.26. The van der Waals surface area contributed by atoms with Gasteiger partial charge >= 0.3 is 0 Å². The normalized spacial score (nSPS) is 15.6. The van der Waals surface area contributed by atoms with Crippen LogP contribution in [-0.2, 0) is 0 Å². The number of aliphatic hydroxyl groups is 1. The molecule has 0 spiro atoms. The number of benzene rings is 3. The predicted octanol–water partition coefficient (Wildman–Crippen LogP) is 6.86. The molecule has 0 aliphatic carbocycles. The van der Waals surface area contributed by atoms with Crippen LogP contribution in [0, 0.1) is 0 Å². The number of halogens is 1. The van der Waals surface area contributed by atoms with E-state index in [9.17, 15) is 5.11 Å². The van der Waals surface area contributed by atoms with E-state index in [1.807, 2.05) is 24.3 Å². The summed E-state index contributed by atoms with van der Waals surface area (Å²) >= 11 is 3.45. The molecule has 2 nitrogen and oxygen atoms in total. The fourth-order valence-corrected chi connectivity index (χ4v) is 4.71. The molecule has 160 valence electrons. The Balaban J connectivity index is 1.36. The highest BCUT2D eigenvalue weighted by Crippen LogP contribution is 2.32. The number of hydrogen-bond donors (Lipinski definition) is 1. The van der Waals surface area contributed by atoms with Gasteiger partial charge in [0.1, 0.15) is 0 Å². The molecule has 0 bridgehead atoms. The molecule has 4 rings (SSSR count). The number of nitrogens with zero attached hydrogens (tertiary/aromatic N) is 1. The van der Waals surface area contributed by atoms with E-state index in [1.165, 1.54) is 16.7 Å². The van der Waals surface area contributed by atoms with Crippen molar-refractivity contribution in [3.8, 4) is 0 Å². The summed E-state index contributed by atoms with van der Waals surface area (Å²) in [4.78, 5) is 2.55. The van der Waals surface area contributed by atoms with Crippen LogP contribution in [-0.4, -0.2) is 29.6 Å². The first-order chi connectivity index (χ1) is 15.2. The second-order valence-corrected chi connectivity index (χ2v) is 9.18. The fourth-order valence-electron chi connectivity index (χ4n) is 4.44. The van der Waals surface area contributed by atoms with E-state index in [1.54, 1.807) is 5.57 Å². The van der Waals surface area contributed by atoms with Crippen molar-refractivity contribution in [1.29, 1.82) is 0 Å². The quantitative estimate of drug-likeness (QED) is 0.403. The minimum Gasteiger partial charge on any atom is -0.388 e. The number of piperidine rings is 1. The van der Waals surface area contributed by atoms with Gasteiger partial charge in [-0.3, -0.25) is 0 Å². The van der Waals surface area contributed by atoms with Gasteiger partial charge < -0.3 is 10.0 Å². The number of hydrogen-bond acceptors (Lipinski definition) is 2. The van der Waals surface area contributed by atoms with Crippen LogP contribution in [0.1, 0.15) is 48.5 Å². The van der Waals surface area contributed by atoms with Gasteiger partial charge in [0.15, 0.2) is 0 Å². The van der Waals surface area contributed by atoms with Crippen molar-refractivity contribution < 1.29 is 5.11 Å². The van der Waals surface area contributed by atoms with Gasteiger partial charge in [-0.05, 0) is 66.6 Å². The molecule has 1 unspecified atom stereocenters. The third kappa shape index (κ3) is 5.94. The van der Waals surface area contributed by atoms with Crippen LogP contribution in [0.5, 0.6) is 0 Å². The lowest BCUT2D eigenvalue weighted by molar-refractivity contribution is 0.153. The predicted molar refractivity (Wildman–Crippen MR) is 133 cm³/mol. The molecule has 31 heavy (non-hydrogen) atoms. The molecule has 0 saturated carbocycles. The topological polar surface area (TPSA) is 23.5 Å². The third-order valence-electron chi connectivity index (χ3n) is 6.14. The first-order valence-electron chi connectivity index (χ1n) is 11.2. The summed E-state index contributed by atoms with van der Waals surface area (Å²) in [5.41, 5.74) is 6.60. The molecule has 1 fully saturated rings. The molecule has 3 aromatic rings. The molecular formula is C28H30BrNO. The summed E-state index contributed by atoms with van der Waals surface area (Å²) in [6.07, 6.45) is 3.65. The first kappa shape index (κ1) is 22.0. The monoisotopic (exact) mass is 475 g/mol. The molecule has 1 heterocycles. The van der Waals surface area contributed by atoms with Gasteiger partial charge in [0.2, 0.25) is 0 Å². The average Bonchev–Trinajstić information content (AvgIpc) is 2.82. The highest BCUT2D eigenvalue weighted by Gasteiger charge is 2.19. The van der Waals surface area contributed by atoms with Gasteiger partial charge in [-0.15, -0.1) is 0 Å². The summed E-state index contributed by atoms with van der Waals surface area (Å²) < 4.78 is 1.05. The Morgan fingerprint density at radius 2 is 1.35 bits per heavy atom. The van der Waals surface area contributed by atoms with Gasteiger partial charge in [-0.25, -0.2) is 0 Å². The second kappa shape index (κ2) is 10.9. The molecule has 3 heteroatoms. The zero-order valence-corrected chi connectivity index (χ0v) is 19.5. The van der Waals surface area contributed by atoms with Crippen molar-refractivity contribution in [2.75, 3.05) is 19.6 Å². The van der Waals surface area contributed by atoms with E-state index >= 15 is 0 Å². The molecule has 0 aromatic heterocycles. The zero-order chi connectivity index (χ0) is 21.5. The van der Waals surface area contributed by atoms with Crippen LogP contribution in [0.25, 0.3) is 5.57 Å². The maximum Gasteiger partial charge on any atom is 0.0790 e. The third-order valence-corrected chi connectivity index (χ3v) is 6.67. The molecule has 3 aromatic carbocycles. The van der Waals surface area contributed by atoms with Crippen molar-refractivity contribution in [2.24, 2.45) is 0 Å². The highest BCUT2D eigenvalue weighted by molar-refractivity contribution is 9.10. The smallest absolute Gasteiger partial charge is 0.0790 e. The van der Waals surface area contributed by atoms with Crippen molar-refractivity contribution in [2.45, 2.75) is 31.8 Å². The fraction of sp³-hybridized carbons (Fsp3) is 0.286. The molecule has 1 aliphatic heterocycles. The van der Waals surface area contributed by atoms with Gasteiger partial charge in [0.25, 0.3) is 0 Å². The number of aliphatic hydroxyl groups excluding tert-OH is 1. The van der Waals surface area contributed by atoms with Gasteiger partial charge in [-0.1, -0.05) is 94.3 Å². The van der Waals surface area contributed by atoms with Crippen LogP contribution >= 0.6 is 15.9 Å². The average molecular weight is 476 g/mol. The minimum absolute atomic E-state index is 0.379. The summed E-state index contributed by atoms with van der Waals surface area (Å²) in [7, 11) is 0. The van der Waals surface area contributed by atoms with Crippen LogP contribution < -0.4 is 0 Å². The first-order valence-corrected chi connectivity index (χ1v) is 12.0. The Labute approximate surface area is 194 Å². The largest absolute Gasteiger partial charge is 0.388 e. The van der Waals surface area contributed by atoms with E-state index < -0.39 is 0 Å². The lowest BCUT2D eigenvalue weighted by Gasteiger charge is -2.30. The lowest BCUT2D eigenvalue weighted by Crippen LogP contribution is -2.32. The zero-order valence-electron chi connectivity index (χ0n) is 17.9. The Hall–Kier alpha value is -2.20. The van der Waals surface area contributed by atoms with Crippen molar-refractivity contribution >= 4 is 21.5 Å². The molecule has 0 radical (unpaired) electrons. The molecule has 1 N–H and O–H groups in total. The highest BCUT2D eigenvalue weighted by atomic mass is 79.9. The number of likely N-dealkylation sites (tertiary alicyclic amines) is 1. The van der Waals surface area contributed by atoms with E-state index in [0.717, 1.165) is 55.4 Å². The number of rotatable bonds is 7. The van der Waals surface area contributed by atoms with Crippen molar-refractivity contribution in [1.82, 2.24) is 4.90 Å². The van der Waals surface area contributed by atoms with Gasteiger partial charge in [0.05, 0.1) is 6.10 Å². The maximum absolute atomic E-state index is 10.5. The van der Waals surface area contributed by atoms with Crippen molar-refractivity contribution in [3.05, 3.63) is 112 Å². The summed E-state index contributed by atoms with van der Waals surface area (Å²) in [5, 5.41) is 10.5. The van der Waals surface area contributed by atoms with E-state index in [0.29, 0.717) is 0 Å². The Morgan fingerprint density at radius 1 is 0.806 bits per heavy atom. The lowest BCUT2D eigenvalue weighted by atomic mass is 9.88. The van der Waals surface area contributed by atoms with E-state index in [-0.39, 0.29) is 6.10 Å². The Kier molecular flexibility index (Phi) is 7.74. The summed E-state index contributed by atoms with van der Waals surface area (Å²) in [6.45, 7) is 3.23. The Morgan fingerprint density at radius 3 is 1.90 bits per heavy atom.